The van der Waals surface area contributed by atoms with Crippen LogP contribution in [0, 0.1) is 13.8 Å². The molecule has 0 aliphatic carbocycles. The SMILES string of the molecule is C.Cc1ncnc(C)c1C(=O)N1CCC(C)(N2CCC(N(Cc3ccccc3)C3CCCN(S(=O)[O-])C3)CC2)CC1. The van der Waals surface area contributed by atoms with Crippen molar-refractivity contribution in [3.05, 3.63) is 59.2 Å². The third-order valence-electron chi connectivity index (χ3n) is 9.51. The van der Waals surface area contributed by atoms with Gasteiger partial charge in [0.2, 0.25) is 0 Å². The number of amides is 1. The molecule has 3 aliphatic rings. The van der Waals surface area contributed by atoms with E-state index in [9.17, 15) is 13.6 Å². The summed E-state index contributed by atoms with van der Waals surface area (Å²) in [5, 5.41) is 0. The van der Waals surface area contributed by atoms with Crippen LogP contribution in [0.1, 0.15) is 80.2 Å². The Balaban J connectivity index is 0.00000387. The molecule has 3 saturated heterocycles. The van der Waals surface area contributed by atoms with Gasteiger partial charge in [0, 0.05) is 74.7 Å². The number of rotatable bonds is 7. The van der Waals surface area contributed by atoms with Gasteiger partial charge in [0.15, 0.2) is 0 Å². The summed E-state index contributed by atoms with van der Waals surface area (Å²) in [5.41, 5.74) is 3.49. The quantitative estimate of drug-likeness (QED) is 0.456. The van der Waals surface area contributed by atoms with Crippen molar-refractivity contribution in [2.24, 2.45) is 0 Å². The highest BCUT2D eigenvalue weighted by molar-refractivity contribution is 7.76. The average molecular weight is 584 g/mol. The summed E-state index contributed by atoms with van der Waals surface area (Å²) >= 11 is -2.16. The Morgan fingerprint density at radius 1 is 1.00 bits per heavy atom. The lowest BCUT2D eigenvalue weighted by Crippen LogP contribution is -2.59. The Labute approximate surface area is 248 Å². The summed E-state index contributed by atoms with van der Waals surface area (Å²) in [7, 11) is 0. The Morgan fingerprint density at radius 2 is 1.63 bits per heavy atom. The van der Waals surface area contributed by atoms with Crippen molar-refractivity contribution >= 4 is 17.2 Å². The summed E-state index contributed by atoms with van der Waals surface area (Å²) in [6.45, 7) is 11.7. The maximum absolute atomic E-state index is 13.3. The molecule has 3 fully saturated rings. The maximum Gasteiger partial charge on any atom is 0.257 e. The zero-order valence-electron chi connectivity index (χ0n) is 24.1. The molecular formula is C31H47N6O3S-. The second-order valence-electron chi connectivity index (χ2n) is 12.0. The molecule has 3 aliphatic heterocycles. The predicted octanol–water partition coefficient (Wildman–Crippen LogP) is 3.95. The van der Waals surface area contributed by atoms with E-state index in [4.69, 9.17) is 0 Å². The molecule has 4 heterocycles. The Hall–Kier alpha value is -2.24. The van der Waals surface area contributed by atoms with E-state index < -0.39 is 11.3 Å². The highest BCUT2D eigenvalue weighted by Crippen LogP contribution is 2.34. The molecule has 226 valence electrons. The van der Waals surface area contributed by atoms with Gasteiger partial charge in [-0.1, -0.05) is 37.8 Å². The molecule has 0 N–H and O–H groups in total. The third kappa shape index (κ3) is 7.22. The number of hydrogen-bond donors (Lipinski definition) is 0. The lowest BCUT2D eigenvalue weighted by atomic mass is 9.85. The van der Waals surface area contributed by atoms with Crippen LogP contribution in [0.25, 0.3) is 0 Å². The molecule has 2 atom stereocenters. The molecule has 0 saturated carbocycles. The third-order valence-corrected chi connectivity index (χ3v) is 10.3. The van der Waals surface area contributed by atoms with Crippen molar-refractivity contribution in [3.8, 4) is 0 Å². The molecule has 2 aromatic rings. The average Bonchev–Trinajstić information content (AvgIpc) is 2.97. The lowest BCUT2D eigenvalue weighted by Gasteiger charge is -2.51. The topological polar surface area (TPSA) is 95.9 Å². The van der Waals surface area contributed by atoms with Gasteiger partial charge in [-0.25, -0.2) is 14.3 Å². The van der Waals surface area contributed by atoms with Crippen LogP contribution in [0.15, 0.2) is 36.7 Å². The van der Waals surface area contributed by atoms with Crippen molar-refractivity contribution in [3.63, 3.8) is 0 Å². The summed E-state index contributed by atoms with van der Waals surface area (Å²) < 4.78 is 25.1. The molecule has 1 aromatic heterocycles. The summed E-state index contributed by atoms with van der Waals surface area (Å²) in [6.07, 6.45) is 7.52. The van der Waals surface area contributed by atoms with Crippen LogP contribution in [0.5, 0.6) is 0 Å². The second-order valence-corrected chi connectivity index (χ2v) is 12.9. The minimum absolute atomic E-state index is 0. The lowest BCUT2D eigenvalue weighted by molar-refractivity contribution is -0.0123. The highest BCUT2D eigenvalue weighted by Gasteiger charge is 2.40. The van der Waals surface area contributed by atoms with E-state index in [2.05, 4.69) is 51.0 Å². The molecule has 2 unspecified atom stereocenters. The number of piperidine rings is 3. The number of nitrogens with zero attached hydrogens (tertiary/aromatic N) is 6. The monoisotopic (exact) mass is 583 g/mol. The molecule has 1 amide bonds. The molecule has 9 nitrogen and oxygen atoms in total. The van der Waals surface area contributed by atoms with Crippen LogP contribution in [0.2, 0.25) is 0 Å². The van der Waals surface area contributed by atoms with Crippen molar-refractivity contribution in [1.82, 2.24) is 29.0 Å². The van der Waals surface area contributed by atoms with E-state index in [1.807, 2.05) is 24.8 Å². The van der Waals surface area contributed by atoms with Gasteiger partial charge in [0.05, 0.1) is 17.0 Å². The molecule has 10 heteroatoms. The van der Waals surface area contributed by atoms with Gasteiger partial charge in [-0.2, -0.15) is 0 Å². The number of aromatic nitrogens is 2. The van der Waals surface area contributed by atoms with Crippen molar-refractivity contribution in [2.75, 3.05) is 39.3 Å². The van der Waals surface area contributed by atoms with Crippen LogP contribution < -0.4 is 0 Å². The van der Waals surface area contributed by atoms with Gasteiger partial charge >= 0.3 is 0 Å². The molecule has 0 spiro atoms. The number of aryl methyl sites for hydroxylation is 2. The first kappa shape index (κ1) is 31.7. The smallest absolute Gasteiger partial charge is 0.257 e. The highest BCUT2D eigenvalue weighted by atomic mass is 32.2. The maximum atomic E-state index is 13.3. The standard InChI is InChI=1S/C30H44N6O3S.CH4/c1-23-28(24(2)32-22-31-23)29(37)33-18-13-30(3,14-19-33)34-16-11-26(12-17-34)36(20-25-8-5-4-6-9-25)27-10-7-15-35(21-27)40(38)39;/h4-6,8-9,22,26-27H,7,10-21H2,1-3H3,(H,38,39);1H4/p-1. The molecule has 0 bridgehead atoms. The first-order valence-corrected chi connectivity index (χ1v) is 15.7. The fraction of sp³-hybridized carbons (Fsp3) is 0.645. The summed E-state index contributed by atoms with van der Waals surface area (Å²) in [6, 6.07) is 11.2. The Kier molecular flexibility index (Phi) is 10.7. The second kappa shape index (κ2) is 13.8. The zero-order valence-corrected chi connectivity index (χ0v) is 24.9. The van der Waals surface area contributed by atoms with Crippen molar-refractivity contribution in [2.45, 2.75) is 90.9 Å². The number of benzene rings is 1. The molecule has 0 radical (unpaired) electrons. The van der Waals surface area contributed by atoms with E-state index in [0.717, 1.165) is 82.6 Å². The van der Waals surface area contributed by atoms with Crippen LogP contribution in [0.4, 0.5) is 0 Å². The Morgan fingerprint density at radius 3 is 2.24 bits per heavy atom. The van der Waals surface area contributed by atoms with Crippen LogP contribution in [0.3, 0.4) is 0 Å². The van der Waals surface area contributed by atoms with Crippen LogP contribution in [-0.2, 0) is 17.8 Å². The number of carbonyl (C=O) groups is 1. The fourth-order valence-corrected chi connectivity index (χ4v) is 7.56. The first-order chi connectivity index (χ1) is 19.2. The first-order valence-electron chi connectivity index (χ1n) is 14.7. The Bertz CT molecular complexity index is 1160. The molecule has 41 heavy (non-hydrogen) atoms. The van der Waals surface area contributed by atoms with Crippen molar-refractivity contribution in [1.29, 1.82) is 0 Å². The molecular weight excluding hydrogens is 536 g/mol. The van der Waals surface area contributed by atoms with Crippen molar-refractivity contribution < 1.29 is 13.6 Å². The van der Waals surface area contributed by atoms with E-state index in [1.165, 1.54) is 11.9 Å². The van der Waals surface area contributed by atoms with Gasteiger partial charge in [-0.3, -0.25) is 18.8 Å². The van der Waals surface area contributed by atoms with Gasteiger partial charge in [-0.05, 0) is 64.9 Å². The van der Waals surface area contributed by atoms with Gasteiger partial charge in [0.1, 0.15) is 6.33 Å². The van der Waals surface area contributed by atoms with E-state index in [1.54, 1.807) is 4.31 Å². The molecule has 1 aromatic carbocycles. The minimum Gasteiger partial charge on any atom is -0.760 e. The van der Waals surface area contributed by atoms with E-state index >= 15 is 0 Å². The number of carbonyl (C=O) groups excluding carboxylic acids is 1. The largest absolute Gasteiger partial charge is 0.760 e. The van der Waals surface area contributed by atoms with E-state index in [0.29, 0.717) is 24.7 Å². The van der Waals surface area contributed by atoms with E-state index in [-0.39, 0.29) is 24.9 Å². The predicted molar refractivity (Wildman–Crippen MR) is 162 cm³/mol. The number of hydrogen-bond acceptors (Lipinski definition) is 7. The normalized spacial score (nSPS) is 23.2. The summed E-state index contributed by atoms with van der Waals surface area (Å²) in [4.78, 5) is 29.0. The van der Waals surface area contributed by atoms with Gasteiger partial charge in [-0.15, -0.1) is 0 Å². The van der Waals surface area contributed by atoms with Gasteiger partial charge in [0.25, 0.3) is 5.91 Å². The number of likely N-dealkylation sites (tertiary alicyclic amines) is 2. The summed E-state index contributed by atoms with van der Waals surface area (Å²) in [5.74, 6) is 0.0495. The fourth-order valence-electron chi connectivity index (χ4n) is 6.98. The molecule has 5 rings (SSSR count). The van der Waals surface area contributed by atoms with Crippen LogP contribution in [-0.4, -0.2) is 101 Å². The van der Waals surface area contributed by atoms with Gasteiger partial charge < -0.3 is 9.45 Å². The van der Waals surface area contributed by atoms with Crippen LogP contribution >= 0.6 is 0 Å². The zero-order chi connectivity index (χ0) is 28.3. The minimum atomic E-state index is -2.16.